The van der Waals surface area contributed by atoms with E-state index in [4.69, 9.17) is 0 Å². The summed E-state index contributed by atoms with van der Waals surface area (Å²) in [6.45, 7) is 3.98. The fourth-order valence-corrected chi connectivity index (χ4v) is 2.31. The van der Waals surface area contributed by atoms with Crippen LogP contribution in [0.15, 0.2) is 50.0 Å². The zero-order valence-corrected chi connectivity index (χ0v) is 13.3. The molecular weight excluding hydrogens is 336 g/mol. The molecule has 0 amide bonds. The average molecular weight is 351 g/mol. The first-order valence-electron chi connectivity index (χ1n) is 6.35. The molecule has 0 spiro atoms. The molecule has 1 aromatic heterocycles. The first-order chi connectivity index (χ1) is 9.90. The molecule has 0 unspecified atom stereocenters. The normalized spacial score (nSPS) is 10.4. The highest BCUT2D eigenvalue weighted by Crippen LogP contribution is 2.26. The summed E-state index contributed by atoms with van der Waals surface area (Å²) < 4.78 is 1.91. The highest BCUT2D eigenvalue weighted by molar-refractivity contribution is 9.10. The summed E-state index contributed by atoms with van der Waals surface area (Å²) in [6.07, 6.45) is 1.80. The van der Waals surface area contributed by atoms with Gasteiger partial charge in [0, 0.05) is 11.0 Å². The lowest BCUT2D eigenvalue weighted by atomic mass is 10.1. The van der Waals surface area contributed by atoms with Gasteiger partial charge in [-0.05, 0) is 31.5 Å². The number of aromatic amines is 1. The summed E-state index contributed by atoms with van der Waals surface area (Å²) in [4.78, 5) is 26.1. The van der Waals surface area contributed by atoms with Gasteiger partial charge in [0.05, 0.1) is 0 Å². The van der Waals surface area contributed by atoms with Crippen molar-refractivity contribution in [2.24, 2.45) is 0 Å². The minimum atomic E-state index is -0.631. The summed E-state index contributed by atoms with van der Waals surface area (Å²) in [6, 6.07) is 6.97. The second-order valence-electron chi connectivity index (χ2n) is 4.86. The molecule has 2 aromatic rings. The topological polar surface area (TPSA) is 75.1 Å². The zero-order valence-electron chi connectivity index (χ0n) is 11.7. The molecule has 0 radical (unpaired) electrons. The van der Waals surface area contributed by atoms with Crippen molar-refractivity contribution in [3.05, 3.63) is 61.2 Å². The van der Waals surface area contributed by atoms with Gasteiger partial charge in [-0.25, -0.2) is 4.79 Å². The Hall–Kier alpha value is -2.08. The molecule has 6 heteroatoms. The van der Waals surface area contributed by atoms with Crippen LogP contribution in [0.2, 0.25) is 0 Å². The first-order valence-corrected chi connectivity index (χ1v) is 7.15. The van der Waals surface area contributed by atoms with E-state index in [1.54, 1.807) is 24.3 Å². The summed E-state index contributed by atoms with van der Waals surface area (Å²) >= 11 is 3.32. The molecule has 1 heterocycles. The molecule has 0 aliphatic rings. The lowest BCUT2D eigenvalue weighted by Crippen LogP contribution is -2.30. The van der Waals surface area contributed by atoms with Crippen molar-refractivity contribution in [1.82, 2.24) is 9.55 Å². The van der Waals surface area contributed by atoms with Gasteiger partial charge in [0.15, 0.2) is 0 Å². The molecule has 0 aliphatic heterocycles. The molecule has 0 saturated carbocycles. The lowest BCUT2D eigenvalue weighted by molar-refractivity contribution is 0.413. The van der Waals surface area contributed by atoms with Gasteiger partial charge < -0.3 is 5.11 Å². The van der Waals surface area contributed by atoms with Crippen LogP contribution in [0.25, 0.3) is 11.1 Å². The number of benzene rings is 1. The van der Waals surface area contributed by atoms with Gasteiger partial charge in [-0.15, -0.1) is 0 Å². The van der Waals surface area contributed by atoms with E-state index in [0.717, 1.165) is 14.6 Å². The van der Waals surface area contributed by atoms with Crippen molar-refractivity contribution >= 4 is 15.9 Å². The highest BCUT2D eigenvalue weighted by Gasteiger charge is 2.15. The van der Waals surface area contributed by atoms with Crippen molar-refractivity contribution in [3.63, 3.8) is 0 Å². The Balaban J connectivity index is 2.67. The molecule has 0 saturated heterocycles. The van der Waals surface area contributed by atoms with E-state index in [0.29, 0.717) is 5.56 Å². The fraction of sp³-hybridized carbons (Fsp3) is 0.200. The number of nitrogens with one attached hydrogen (secondary N) is 1. The van der Waals surface area contributed by atoms with E-state index < -0.39 is 11.2 Å². The number of aromatic nitrogens is 2. The van der Waals surface area contributed by atoms with Gasteiger partial charge in [-0.2, -0.15) is 0 Å². The predicted molar refractivity (Wildman–Crippen MR) is 85.6 cm³/mol. The number of hydrogen-bond donors (Lipinski definition) is 2. The van der Waals surface area contributed by atoms with E-state index >= 15 is 0 Å². The third-order valence-electron chi connectivity index (χ3n) is 2.97. The van der Waals surface area contributed by atoms with E-state index in [1.807, 2.05) is 19.9 Å². The van der Waals surface area contributed by atoms with Crippen LogP contribution in [-0.4, -0.2) is 14.7 Å². The summed E-state index contributed by atoms with van der Waals surface area (Å²) in [7, 11) is 0. The van der Waals surface area contributed by atoms with Gasteiger partial charge >= 0.3 is 5.69 Å². The van der Waals surface area contributed by atoms with Crippen LogP contribution < -0.4 is 11.2 Å². The van der Waals surface area contributed by atoms with Crippen LogP contribution in [0.5, 0.6) is 5.88 Å². The second-order valence-corrected chi connectivity index (χ2v) is 5.78. The molecule has 2 rings (SSSR count). The Morgan fingerprint density at radius 3 is 2.71 bits per heavy atom. The average Bonchev–Trinajstić information content (AvgIpc) is 2.37. The summed E-state index contributed by atoms with van der Waals surface area (Å²) in [5, 5.41) is 10.3. The molecule has 21 heavy (non-hydrogen) atoms. The van der Waals surface area contributed by atoms with Crippen molar-refractivity contribution in [1.29, 1.82) is 0 Å². The Morgan fingerprint density at radius 1 is 1.38 bits per heavy atom. The van der Waals surface area contributed by atoms with Gasteiger partial charge in [-0.3, -0.25) is 14.3 Å². The number of H-pyrrole nitrogens is 1. The largest absolute Gasteiger partial charge is 0.494 e. The van der Waals surface area contributed by atoms with Crippen LogP contribution in [0, 0.1) is 0 Å². The third kappa shape index (κ3) is 3.33. The molecular formula is C15H15BrN2O3. The van der Waals surface area contributed by atoms with E-state index in [1.165, 1.54) is 0 Å². The Kier molecular flexibility index (Phi) is 4.47. The maximum absolute atomic E-state index is 12.0. The number of nitrogens with zero attached hydrogens (tertiary/aromatic N) is 1. The molecule has 5 nitrogen and oxygen atoms in total. The molecule has 110 valence electrons. The Labute approximate surface area is 129 Å². The molecule has 0 atom stereocenters. The minimum absolute atomic E-state index is 0.0815. The van der Waals surface area contributed by atoms with Gasteiger partial charge in [0.2, 0.25) is 5.88 Å². The number of rotatable bonds is 3. The second kappa shape index (κ2) is 6.13. The quantitative estimate of drug-likeness (QED) is 0.835. The van der Waals surface area contributed by atoms with Crippen LogP contribution in [-0.2, 0) is 6.54 Å². The van der Waals surface area contributed by atoms with Crippen LogP contribution in [0.1, 0.15) is 13.8 Å². The van der Waals surface area contributed by atoms with E-state index in [2.05, 4.69) is 20.9 Å². The number of hydrogen-bond acceptors (Lipinski definition) is 3. The van der Waals surface area contributed by atoms with Crippen molar-refractivity contribution in [3.8, 4) is 17.0 Å². The number of halogens is 1. The summed E-state index contributed by atoms with van der Waals surface area (Å²) in [5.74, 6) is -0.334. The standard InChI is InChI=1S/C15H15BrN2O3/c1-9(2)6-7-18-14(20)12(13(19)17-15(18)21)10-4-3-5-11(16)8-10/h3-6,8,20H,7H2,1-2H3,(H,17,19,21). The molecule has 0 bridgehead atoms. The number of allylic oxidation sites excluding steroid dienone is 2. The maximum Gasteiger partial charge on any atom is 0.331 e. The molecule has 1 aromatic carbocycles. The lowest BCUT2D eigenvalue weighted by Gasteiger charge is -2.10. The Bertz CT molecular complexity index is 814. The molecule has 2 N–H and O–H groups in total. The monoisotopic (exact) mass is 350 g/mol. The van der Waals surface area contributed by atoms with E-state index in [9.17, 15) is 14.7 Å². The van der Waals surface area contributed by atoms with Crippen molar-refractivity contribution in [2.75, 3.05) is 0 Å². The fourth-order valence-electron chi connectivity index (χ4n) is 1.91. The minimum Gasteiger partial charge on any atom is -0.494 e. The maximum atomic E-state index is 12.0. The van der Waals surface area contributed by atoms with Crippen molar-refractivity contribution in [2.45, 2.75) is 20.4 Å². The first kappa shape index (κ1) is 15.3. The molecule has 0 aliphatic carbocycles. The smallest absolute Gasteiger partial charge is 0.331 e. The zero-order chi connectivity index (χ0) is 15.6. The SMILES string of the molecule is CC(C)=CCn1c(O)c(-c2cccc(Br)c2)c(=O)[nH]c1=O. The molecule has 0 fully saturated rings. The predicted octanol–water partition coefficient (Wildman–Crippen LogP) is 2.64. The Morgan fingerprint density at radius 2 is 2.10 bits per heavy atom. The summed E-state index contributed by atoms with van der Waals surface area (Å²) in [5.41, 5.74) is 0.390. The van der Waals surface area contributed by atoms with Gasteiger partial charge in [-0.1, -0.05) is 39.7 Å². The third-order valence-corrected chi connectivity index (χ3v) is 3.46. The van der Waals surface area contributed by atoms with Crippen LogP contribution in [0.4, 0.5) is 0 Å². The number of aromatic hydroxyl groups is 1. The van der Waals surface area contributed by atoms with Gasteiger partial charge in [0.1, 0.15) is 5.56 Å². The van der Waals surface area contributed by atoms with Crippen molar-refractivity contribution < 1.29 is 5.11 Å². The van der Waals surface area contributed by atoms with Crippen LogP contribution >= 0.6 is 15.9 Å². The van der Waals surface area contributed by atoms with Gasteiger partial charge in [0.25, 0.3) is 5.56 Å². The van der Waals surface area contributed by atoms with Crippen LogP contribution in [0.3, 0.4) is 0 Å². The highest BCUT2D eigenvalue weighted by atomic mass is 79.9. The van der Waals surface area contributed by atoms with E-state index in [-0.39, 0.29) is 18.0 Å².